The van der Waals surface area contributed by atoms with Crippen molar-refractivity contribution in [2.75, 3.05) is 36.0 Å². The Morgan fingerprint density at radius 3 is 2.26 bits per heavy atom. The smallest absolute Gasteiger partial charge is 0.130 e. The van der Waals surface area contributed by atoms with Gasteiger partial charge in [0.15, 0.2) is 0 Å². The van der Waals surface area contributed by atoms with Gasteiger partial charge in [0.25, 0.3) is 0 Å². The molecule has 2 aromatic carbocycles. The largest absolute Gasteiger partial charge is 0.489 e. The summed E-state index contributed by atoms with van der Waals surface area (Å²) in [6.07, 6.45) is 1.76. The SMILES string of the molecule is Clc1ccnc(N2CCN(c3ccc(OCc4ccccc4)cc3)CC2)c1. The summed E-state index contributed by atoms with van der Waals surface area (Å²) < 4.78 is 5.87. The van der Waals surface area contributed by atoms with Crippen LogP contribution in [0.2, 0.25) is 5.02 Å². The Hall–Kier alpha value is -2.72. The van der Waals surface area contributed by atoms with E-state index in [2.05, 4.69) is 39.0 Å². The van der Waals surface area contributed by atoms with Gasteiger partial charge in [-0.1, -0.05) is 41.9 Å². The molecule has 0 bridgehead atoms. The number of aromatic nitrogens is 1. The molecule has 0 saturated carbocycles. The molecular weight excluding hydrogens is 358 g/mol. The van der Waals surface area contributed by atoms with Gasteiger partial charge in [0, 0.05) is 43.1 Å². The van der Waals surface area contributed by atoms with Gasteiger partial charge in [-0.15, -0.1) is 0 Å². The van der Waals surface area contributed by atoms with Crippen LogP contribution in [0.15, 0.2) is 72.9 Å². The van der Waals surface area contributed by atoms with E-state index >= 15 is 0 Å². The molecule has 3 aromatic rings. The van der Waals surface area contributed by atoms with Gasteiger partial charge < -0.3 is 14.5 Å². The maximum atomic E-state index is 6.08. The van der Waals surface area contributed by atoms with Crippen LogP contribution < -0.4 is 14.5 Å². The topological polar surface area (TPSA) is 28.6 Å². The third-order valence-electron chi connectivity index (χ3n) is 4.76. The summed E-state index contributed by atoms with van der Waals surface area (Å²) in [5.74, 6) is 1.84. The Bertz CT molecular complexity index is 862. The van der Waals surface area contributed by atoms with Crippen LogP contribution in [0.1, 0.15) is 5.56 Å². The zero-order chi connectivity index (χ0) is 18.5. The lowest BCUT2D eigenvalue weighted by molar-refractivity contribution is 0.306. The average Bonchev–Trinajstić information content (AvgIpc) is 2.74. The summed E-state index contributed by atoms with van der Waals surface area (Å²) in [4.78, 5) is 9.09. The van der Waals surface area contributed by atoms with Crippen molar-refractivity contribution < 1.29 is 4.74 Å². The average molecular weight is 380 g/mol. The number of anilines is 2. The number of ether oxygens (including phenoxy) is 1. The van der Waals surface area contributed by atoms with Gasteiger partial charge >= 0.3 is 0 Å². The highest BCUT2D eigenvalue weighted by atomic mass is 35.5. The zero-order valence-corrected chi connectivity index (χ0v) is 15.8. The second kappa shape index (κ2) is 8.31. The van der Waals surface area contributed by atoms with Crippen LogP contribution in [0.4, 0.5) is 11.5 Å². The van der Waals surface area contributed by atoms with Gasteiger partial charge in [-0.05, 0) is 42.0 Å². The first-order chi connectivity index (χ1) is 13.3. The molecule has 0 amide bonds. The molecule has 27 heavy (non-hydrogen) atoms. The quantitative estimate of drug-likeness (QED) is 0.645. The van der Waals surface area contributed by atoms with Crippen molar-refractivity contribution in [1.82, 2.24) is 4.98 Å². The Kier molecular flexibility index (Phi) is 5.45. The van der Waals surface area contributed by atoms with Gasteiger partial charge in [0.05, 0.1) is 0 Å². The number of hydrogen-bond acceptors (Lipinski definition) is 4. The zero-order valence-electron chi connectivity index (χ0n) is 15.1. The van der Waals surface area contributed by atoms with Crippen LogP contribution in [-0.4, -0.2) is 31.2 Å². The third kappa shape index (κ3) is 4.52. The van der Waals surface area contributed by atoms with E-state index in [1.807, 2.05) is 42.5 Å². The number of halogens is 1. The van der Waals surface area contributed by atoms with E-state index < -0.39 is 0 Å². The molecular formula is C22H22ClN3O. The molecule has 1 aliphatic heterocycles. The third-order valence-corrected chi connectivity index (χ3v) is 5.00. The van der Waals surface area contributed by atoms with Crippen LogP contribution in [0.3, 0.4) is 0 Å². The van der Waals surface area contributed by atoms with Crippen molar-refractivity contribution in [2.45, 2.75) is 6.61 Å². The predicted molar refractivity (Wildman–Crippen MR) is 111 cm³/mol. The maximum Gasteiger partial charge on any atom is 0.130 e. The second-order valence-corrected chi connectivity index (χ2v) is 7.01. The van der Waals surface area contributed by atoms with Gasteiger partial charge in [-0.25, -0.2) is 4.98 Å². The molecule has 0 spiro atoms. The summed E-state index contributed by atoms with van der Waals surface area (Å²) in [6, 6.07) is 22.3. The molecule has 5 heteroatoms. The highest BCUT2D eigenvalue weighted by Crippen LogP contribution is 2.23. The number of piperazine rings is 1. The number of rotatable bonds is 5. The summed E-state index contributed by atoms with van der Waals surface area (Å²) in [5.41, 5.74) is 2.40. The molecule has 2 heterocycles. The molecule has 138 valence electrons. The Morgan fingerprint density at radius 1 is 0.852 bits per heavy atom. The molecule has 4 nitrogen and oxygen atoms in total. The molecule has 1 aromatic heterocycles. The number of hydrogen-bond donors (Lipinski definition) is 0. The van der Waals surface area contributed by atoms with Crippen molar-refractivity contribution in [3.05, 3.63) is 83.5 Å². The number of pyridine rings is 1. The summed E-state index contributed by atoms with van der Waals surface area (Å²) in [7, 11) is 0. The molecule has 0 atom stereocenters. The van der Waals surface area contributed by atoms with Crippen LogP contribution in [0.25, 0.3) is 0 Å². The molecule has 4 rings (SSSR count). The van der Waals surface area contributed by atoms with Gasteiger partial charge in [-0.2, -0.15) is 0 Å². The van der Waals surface area contributed by atoms with Crippen LogP contribution >= 0.6 is 11.6 Å². The van der Waals surface area contributed by atoms with E-state index in [1.165, 1.54) is 11.3 Å². The predicted octanol–water partition coefficient (Wildman–Crippen LogP) is 4.64. The lowest BCUT2D eigenvalue weighted by atomic mass is 10.2. The number of benzene rings is 2. The first-order valence-electron chi connectivity index (χ1n) is 9.16. The van der Waals surface area contributed by atoms with Crippen molar-refractivity contribution in [3.63, 3.8) is 0 Å². The lowest BCUT2D eigenvalue weighted by Gasteiger charge is -2.36. The highest BCUT2D eigenvalue weighted by Gasteiger charge is 2.18. The molecule has 1 fully saturated rings. The van der Waals surface area contributed by atoms with Gasteiger partial charge in [-0.3, -0.25) is 0 Å². The molecule has 1 saturated heterocycles. The van der Waals surface area contributed by atoms with Crippen LogP contribution in [0.5, 0.6) is 5.75 Å². The van der Waals surface area contributed by atoms with Crippen LogP contribution in [-0.2, 0) is 6.61 Å². The van der Waals surface area contributed by atoms with E-state index in [9.17, 15) is 0 Å². The van der Waals surface area contributed by atoms with E-state index in [0.717, 1.165) is 42.8 Å². The van der Waals surface area contributed by atoms with Crippen molar-refractivity contribution in [2.24, 2.45) is 0 Å². The fourth-order valence-electron chi connectivity index (χ4n) is 3.25. The van der Waals surface area contributed by atoms with Crippen molar-refractivity contribution >= 4 is 23.1 Å². The molecule has 0 N–H and O–H groups in total. The fourth-order valence-corrected chi connectivity index (χ4v) is 3.41. The summed E-state index contributed by atoms with van der Waals surface area (Å²) in [5, 5.41) is 0.730. The van der Waals surface area contributed by atoms with Crippen LogP contribution in [0, 0.1) is 0 Å². The second-order valence-electron chi connectivity index (χ2n) is 6.57. The Morgan fingerprint density at radius 2 is 1.56 bits per heavy atom. The lowest BCUT2D eigenvalue weighted by Crippen LogP contribution is -2.46. The molecule has 0 unspecified atom stereocenters. The van der Waals surface area contributed by atoms with E-state index in [-0.39, 0.29) is 0 Å². The van der Waals surface area contributed by atoms with Gasteiger partial charge in [0.2, 0.25) is 0 Å². The summed E-state index contributed by atoms with van der Waals surface area (Å²) >= 11 is 6.08. The highest BCUT2D eigenvalue weighted by molar-refractivity contribution is 6.30. The minimum absolute atomic E-state index is 0.589. The Labute approximate surface area is 165 Å². The van der Waals surface area contributed by atoms with Crippen molar-refractivity contribution in [3.8, 4) is 5.75 Å². The van der Waals surface area contributed by atoms with E-state index in [4.69, 9.17) is 16.3 Å². The van der Waals surface area contributed by atoms with E-state index in [0.29, 0.717) is 6.61 Å². The maximum absolute atomic E-state index is 6.08. The first-order valence-corrected chi connectivity index (χ1v) is 9.54. The normalized spacial score (nSPS) is 14.3. The molecule has 0 aliphatic carbocycles. The van der Waals surface area contributed by atoms with Crippen molar-refractivity contribution in [1.29, 1.82) is 0 Å². The number of nitrogens with zero attached hydrogens (tertiary/aromatic N) is 3. The van der Waals surface area contributed by atoms with Gasteiger partial charge in [0.1, 0.15) is 18.2 Å². The molecule has 0 radical (unpaired) electrons. The first kappa shape index (κ1) is 17.7. The summed E-state index contributed by atoms with van der Waals surface area (Å²) in [6.45, 7) is 4.36. The Balaban J connectivity index is 1.32. The molecule has 1 aliphatic rings. The standard InChI is InChI=1S/C22H22ClN3O/c23-19-10-11-24-22(16-19)26-14-12-25(13-15-26)20-6-8-21(9-7-20)27-17-18-4-2-1-3-5-18/h1-11,16H,12-15,17H2. The fraction of sp³-hybridized carbons (Fsp3) is 0.227. The minimum Gasteiger partial charge on any atom is -0.489 e. The van der Waals surface area contributed by atoms with E-state index in [1.54, 1.807) is 6.20 Å². The minimum atomic E-state index is 0.589. The monoisotopic (exact) mass is 379 g/mol.